The van der Waals surface area contributed by atoms with E-state index in [0.29, 0.717) is 11.0 Å². The number of imide groups is 1. The monoisotopic (exact) mass is 508 g/mol. The number of piperazine rings is 1. The van der Waals surface area contributed by atoms with Gasteiger partial charge in [-0.3, -0.25) is 9.59 Å². The third kappa shape index (κ3) is 3.38. The van der Waals surface area contributed by atoms with Gasteiger partial charge in [0.1, 0.15) is 12.5 Å². The molecular weight excluding hydrogens is 494 g/mol. The number of halogens is 5. The second-order valence-corrected chi connectivity index (χ2v) is 8.96. The van der Waals surface area contributed by atoms with Gasteiger partial charge >= 0.3 is 12.2 Å². The van der Waals surface area contributed by atoms with E-state index in [1.54, 1.807) is 4.90 Å². The van der Waals surface area contributed by atoms with Crippen molar-refractivity contribution in [1.82, 2.24) is 4.90 Å². The molecule has 2 aromatic carbocycles. The zero-order valence-electron chi connectivity index (χ0n) is 17.6. The lowest BCUT2D eigenvalue weighted by Gasteiger charge is -2.32. The summed E-state index contributed by atoms with van der Waals surface area (Å²) in [6.45, 7) is 0.345. The molecule has 0 aliphatic carbocycles. The summed E-state index contributed by atoms with van der Waals surface area (Å²) in [7, 11) is 0. The molecule has 0 saturated carbocycles. The number of nitriles is 1. The second-order valence-electron chi connectivity index (χ2n) is 8.55. The van der Waals surface area contributed by atoms with Crippen molar-refractivity contribution in [2.45, 2.75) is 18.3 Å². The number of urea groups is 1. The number of rotatable bonds is 3. The van der Waals surface area contributed by atoms with E-state index in [4.69, 9.17) is 16.9 Å². The number of alkyl halides is 3. The number of benzene rings is 2. The molecule has 13 heteroatoms. The van der Waals surface area contributed by atoms with Crippen molar-refractivity contribution in [1.29, 1.82) is 5.26 Å². The fraction of sp³-hybridized carbons (Fsp3) is 0.273. The second kappa shape index (κ2) is 7.74. The van der Waals surface area contributed by atoms with Gasteiger partial charge in [0.15, 0.2) is 12.1 Å². The molecule has 180 valence electrons. The number of nitrogens with zero attached hydrogens (tertiary/aromatic N) is 4. The Labute approximate surface area is 200 Å². The van der Waals surface area contributed by atoms with Gasteiger partial charge in [0.25, 0.3) is 11.8 Å². The van der Waals surface area contributed by atoms with Crippen LogP contribution in [0.2, 0.25) is 5.02 Å². The maximum atomic E-state index is 13.6. The Kier molecular flexibility index (Phi) is 5.14. The van der Waals surface area contributed by atoms with Gasteiger partial charge in [0, 0.05) is 5.69 Å². The van der Waals surface area contributed by atoms with Crippen LogP contribution >= 0.6 is 11.6 Å². The SMILES string of the molecule is N#Cc1ccc(N2C(=O)C3C[N@]4CC(C(=O)Nc5ccc(F)c(Cl)c5)[N+]3(C4)C2=O)cc1C(F)(F)F. The van der Waals surface area contributed by atoms with Crippen LogP contribution < -0.4 is 10.2 Å². The summed E-state index contributed by atoms with van der Waals surface area (Å²) in [6, 6.07) is 4.78. The molecule has 8 nitrogen and oxygen atoms in total. The molecule has 4 amide bonds. The predicted octanol–water partition coefficient (Wildman–Crippen LogP) is 3.32. The van der Waals surface area contributed by atoms with Crippen molar-refractivity contribution in [2.75, 3.05) is 30.0 Å². The Balaban J connectivity index is 1.49. The first-order valence-corrected chi connectivity index (χ1v) is 10.7. The zero-order chi connectivity index (χ0) is 25.3. The highest BCUT2D eigenvalue weighted by atomic mass is 35.5. The topological polar surface area (TPSA) is 93.5 Å². The van der Waals surface area contributed by atoms with Crippen LogP contribution in [0, 0.1) is 17.1 Å². The third-order valence-electron chi connectivity index (χ3n) is 6.64. The molecule has 3 saturated heterocycles. The molecule has 3 aliphatic rings. The van der Waals surface area contributed by atoms with Gasteiger partial charge in [-0.25, -0.2) is 18.6 Å². The van der Waals surface area contributed by atoms with Crippen molar-refractivity contribution >= 4 is 40.8 Å². The number of quaternary nitrogens is 1. The summed E-state index contributed by atoms with van der Waals surface area (Å²) < 4.78 is 53.3. The maximum absolute atomic E-state index is 13.6. The summed E-state index contributed by atoms with van der Waals surface area (Å²) in [5.41, 5.74) is -2.05. The summed E-state index contributed by atoms with van der Waals surface area (Å²) in [4.78, 5) is 42.4. The Hall–Kier alpha value is -3.53. The van der Waals surface area contributed by atoms with E-state index in [1.165, 1.54) is 18.2 Å². The van der Waals surface area contributed by atoms with Crippen molar-refractivity contribution < 1.29 is 36.4 Å². The normalized spacial score (nSPS) is 27.2. The molecule has 0 radical (unpaired) electrons. The van der Waals surface area contributed by atoms with E-state index in [9.17, 15) is 31.9 Å². The highest BCUT2D eigenvalue weighted by Gasteiger charge is 2.73. The summed E-state index contributed by atoms with van der Waals surface area (Å²) in [5, 5.41) is 11.4. The van der Waals surface area contributed by atoms with Crippen molar-refractivity contribution in [2.24, 2.45) is 0 Å². The molecule has 3 unspecified atom stereocenters. The van der Waals surface area contributed by atoms with Gasteiger partial charge in [-0.05, 0) is 36.4 Å². The zero-order valence-corrected chi connectivity index (χ0v) is 18.4. The minimum Gasteiger partial charge on any atom is -0.321 e. The van der Waals surface area contributed by atoms with Crippen LogP contribution in [0.15, 0.2) is 36.4 Å². The fourth-order valence-corrected chi connectivity index (χ4v) is 5.26. The van der Waals surface area contributed by atoms with Crippen molar-refractivity contribution in [3.8, 4) is 6.07 Å². The third-order valence-corrected chi connectivity index (χ3v) is 6.93. The molecule has 3 heterocycles. The first-order valence-electron chi connectivity index (χ1n) is 10.3. The molecule has 3 aliphatic heterocycles. The number of carbonyl (C=O) groups excluding carboxylic acids is 3. The number of fused-ring (bicyclic) bond motifs is 1. The van der Waals surface area contributed by atoms with E-state index in [2.05, 4.69) is 5.32 Å². The molecule has 35 heavy (non-hydrogen) atoms. The highest BCUT2D eigenvalue weighted by Crippen LogP contribution is 2.44. The van der Waals surface area contributed by atoms with Gasteiger partial charge < -0.3 is 5.32 Å². The number of amides is 4. The quantitative estimate of drug-likeness (QED) is 0.390. The minimum absolute atomic E-state index is 0.0381. The Morgan fingerprint density at radius 2 is 1.91 bits per heavy atom. The molecule has 2 bridgehead atoms. The number of hydrogen-bond acceptors (Lipinski definition) is 5. The molecule has 4 atom stereocenters. The van der Waals surface area contributed by atoms with Gasteiger partial charge in [-0.15, -0.1) is 0 Å². The maximum Gasteiger partial charge on any atom is 0.433 e. The lowest BCUT2D eigenvalue weighted by atomic mass is 10.1. The minimum atomic E-state index is -4.88. The summed E-state index contributed by atoms with van der Waals surface area (Å²) >= 11 is 5.76. The number of hydrogen-bond donors (Lipinski definition) is 1. The average Bonchev–Trinajstić information content (AvgIpc) is 3.44. The molecule has 3 fully saturated rings. The van der Waals surface area contributed by atoms with E-state index >= 15 is 0 Å². The first kappa shape index (κ1) is 23.2. The summed E-state index contributed by atoms with van der Waals surface area (Å²) in [5.74, 6) is -2.02. The van der Waals surface area contributed by atoms with Crippen molar-refractivity contribution in [3.05, 3.63) is 58.4 Å². The van der Waals surface area contributed by atoms with Crippen LogP contribution in [0.25, 0.3) is 0 Å². The lowest BCUT2D eigenvalue weighted by Crippen LogP contribution is -2.63. The number of nitrogens with one attached hydrogen (secondary N) is 1. The number of carbonyl (C=O) groups is 3. The summed E-state index contributed by atoms with van der Waals surface area (Å²) in [6.07, 6.45) is -4.88. The molecule has 0 aromatic heterocycles. The van der Waals surface area contributed by atoms with E-state index in [-0.39, 0.29) is 36.2 Å². The van der Waals surface area contributed by atoms with Gasteiger partial charge in [-0.1, -0.05) is 11.6 Å². The van der Waals surface area contributed by atoms with E-state index in [1.807, 2.05) is 0 Å². The molecule has 1 N–H and O–H groups in total. The number of anilines is 2. The van der Waals surface area contributed by atoms with Crippen LogP contribution in [-0.4, -0.2) is 59.1 Å². The Bertz CT molecular complexity index is 1340. The van der Waals surface area contributed by atoms with Crippen molar-refractivity contribution in [3.63, 3.8) is 0 Å². The van der Waals surface area contributed by atoms with E-state index in [0.717, 1.165) is 18.2 Å². The molecular formula is C22H15ClF4N5O3+. The highest BCUT2D eigenvalue weighted by molar-refractivity contribution is 6.31. The van der Waals surface area contributed by atoms with Crippen LogP contribution in [0.1, 0.15) is 11.1 Å². The van der Waals surface area contributed by atoms with Crippen LogP contribution in [0.3, 0.4) is 0 Å². The van der Waals surface area contributed by atoms with Gasteiger partial charge in [0.2, 0.25) is 0 Å². The van der Waals surface area contributed by atoms with Crippen LogP contribution in [0.5, 0.6) is 0 Å². The van der Waals surface area contributed by atoms with Gasteiger partial charge in [-0.2, -0.15) is 23.3 Å². The Morgan fingerprint density at radius 3 is 2.57 bits per heavy atom. The molecule has 1 spiro atoms. The van der Waals surface area contributed by atoms with E-state index < -0.39 is 57.5 Å². The average molecular weight is 509 g/mol. The van der Waals surface area contributed by atoms with Crippen LogP contribution in [0.4, 0.5) is 33.7 Å². The fourth-order valence-electron chi connectivity index (χ4n) is 5.08. The van der Waals surface area contributed by atoms with Gasteiger partial charge in [0.05, 0.1) is 41.0 Å². The Morgan fingerprint density at radius 1 is 1.17 bits per heavy atom. The largest absolute Gasteiger partial charge is 0.433 e. The lowest BCUT2D eigenvalue weighted by molar-refractivity contribution is -0.852. The molecule has 2 aromatic rings. The smallest absolute Gasteiger partial charge is 0.321 e. The molecule has 5 rings (SSSR count). The van der Waals surface area contributed by atoms with Crippen LogP contribution in [-0.2, 0) is 15.8 Å². The predicted molar refractivity (Wildman–Crippen MR) is 113 cm³/mol. The standard InChI is InChI=1S/C22H14ClF4N5O3/c23-15-5-12(2-4-16(15)24)29-19(33)17-8-30-9-18-20(34)31(21(35)32(17,18)10-30)13-3-1-11(7-28)14(6-13)22(25,26)27/h1-6,17-18H,8-10H2/p+1. The first-order chi connectivity index (χ1) is 16.5.